The first-order chi connectivity index (χ1) is 8.10. The first kappa shape index (κ1) is 11.4. The maximum atomic E-state index is 14.0. The van der Waals surface area contributed by atoms with E-state index in [0.29, 0.717) is 6.42 Å². The molecule has 2 N–H and O–H groups in total. The summed E-state index contributed by atoms with van der Waals surface area (Å²) in [4.78, 5) is 11.0. The van der Waals surface area contributed by atoms with Crippen LogP contribution in [0.15, 0.2) is 12.1 Å². The summed E-state index contributed by atoms with van der Waals surface area (Å²) in [5.41, 5.74) is 5.64. The molecule has 1 saturated carbocycles. The number of amides is 1. The van der Waals surface area contributed by atoms with Crippen molar-refractivity contribution in [2.24, 2.45) is 11.7 Å². The lowest BCUT2D eigenvalue weighted by atomic mass is 10.0. The summed E-state index contributed by atoms with van der Waals surface area (Å²) >= 11 is 0. The molecule has 0 bridgehead atoms. The van der Waals surface area contributed by atoms with Crippen LogP contribution in [0, 0.1) is 23.1 Å². The summed E-state index contributed by atoms with van der Waals surface area (Å²) in [5.74, 6) is -1.61. The van der Waals surface area contributed by atoms with E-state index in [9.17, 15) is 9.18 Å². The number of rotatable bonds is 3. The van der Waals surface area contributed by atoms with E-state index in [0.717, 1.165) is 0 Å². The average molecular weight is 234 g/mol. The lowest BCUT2D eigenvalue weighted by molar-refractivity contribution is -0.119. The molecule has 4 nitrogen and oxygen atoms in total. The second-order valence-electron chi connectivity index (χ2n) is 4.01. The summed E-state index contributed by atoms with van der Waals surface area (Å²) in [6.45, 7) is 0. The Kier molecular flexibility index (Phi) is 2.72. The van der Waals surface area contributed by atoms with Crippen LogP contribution in [0.2, 0.25) is 0 Å². The largest absolute Gasteiger partial charge is 0.494 e. The van der Waals surface area contributed by atoms with Crippen LogP contribution in [0.25, 0.3) is 0 Å². The van der Waals surface area contributed by atoms with E-state index < -0.39 is 11.7 Å². The Hall–Kier alpha value is -2.09. The summed E-state index contributed by atoms with van der Waals surface area (Å²) in [6.07, 6.45) is 0.494. The summed E-state index contributed by atoms with van der Waals surface area (Å²) in [5, 5.41) is 8.93. The molecule has 1 aromatic rings. The Morgan fingerprint density at radius 2 is 2.35 bits per heavy atom. The van der Waals surface area contributed by atoms with Crippen LogP contribution in [-0.4, -0.2) is 13.0 Å². The van der Waals surface area contributed by atoms with Crippen LogP contribution in [0.1, 0.15) is 23.5 Å². The standard InChI is InChI=1S/C12H11FN2O2/c1-17-9-3-2-6(5-14)10(11(9)13)7-4-8(7)12(15)16/h2-3,7-8H,4H2,1H3,(H2,15,16)/t7-,8-/m0/s1. The van der Waals surface area contributed by atoms with Gasteiger partial charge in [0, 0.05) is 17.4 Å². The van der Waals surface area contributed by atoms with Gasteiger partial charge >= 0.3 is 0 Å². The number of ether oxygens (including phenoxy) is 1. The molecule has 0 aromatic heterocycles. The van der Waals surface area contributed by atoms with Gasteiger partial charge in [-0.15, -0.1) is 0 Å². The van der Waals surface area contributed by atoms with Crippen molar-refractivity contribution in [2.75, 3.05) is 7.11 Å². The molecule has 1 aliphatic rings. The molecule has 2 atom stereocenters. The van der Waals surface area contributed by atoms with Crippen molar-refractivity contribution in [1.29, 1.82) is 5.26 Å². The molecule has 0 aliphatic heterocycles. The van der Waals surface area contributed by atoms with Gasteiger partial charge in [0.05, 0.1) is 18.7 Å². The third-order valence-electron chi connectivity index (χ3n) is 3.01. The minimum absolute atomic E-state index is 0.0779. The highest BCUT2D eigenvalue weighted by atomic mass is 19.1. The van der Waals surface area contributed by atoms with Crippen molar-refractivity contribution >= 4 is 5.91 Å². The Labute approximate surface area is 97.8 Å². The van der Waals surface area contributed by atoms with E-state index in [1.807, 2.05) is 6.07 Å². The Morgan fingerprint density at radius 3 is 2.82 bits per heavy atom. The van der Waals surface area contributed by atoms with Crippen LogP contribution in [0.4, 0.5) is 4.39 Å². The molecule has 88 valence electrons. The van der Waals surface area contributed by atoms with Crippen molar-refractivity contribution in [3.63, 3.8) is 0 Å². The van der Waals surface area contributed by atoms with Gasteiger partial charge in [0.2, 0.25) is 5.91 Å². The molecule has 0 radical (unpaired) electrons. The number of hydrogen-bond donors (Lipinski definition) is 1. The molecule has 0 heterocycles. The number of nitrogens with two attached hydrogens (primary N) is 1. The number of carbonyl (C=O) groups excluding carboxylic acids is 1. The number of nitriles is 1. The fourth-order valence-corrected chi connectivity index (χ4v) is 2.02. The molecule has 1 aliphatic carbocycles. The zero-order valence-corrected chi connectivity index (χ0v) is 9.24. The van der Waals surface area contributed by atoms with Gasteiger partial charge < -0.3 is 10.5 Å². The Balaban J connectivity index is 2.46. The molecule has 1 fully saturated rings. The average Bonchev–Trinajstić information content (AvgIpc) is 3.08. The van der Waals surface area contributed by atoms with Gasteiger partial charge in [-0.25, -0.2) is 4.39 Å². The first-order valence-corrected chi connectivity index (χ1v) is 5.16. The normalized spacial score (nSPS) is 21.7. The summed E-state index contributed by atoms with van der Waals surface area (Å²) in [6, 6.07) is 4.82. The van der Waals surface area contributed by atoms with Gasteiger partial charge in [-0.3, -0.25) is 4.79 Å². The Bertz CT molecular complexity index is 522. The van der Waals surface area contributed by atoms with Gasteiger partial charge in [-0.1, -0.05) is 0 Å². The predicted octanol–water partition coefficient (Wildman–Crippen LogP) is 1.29. The second-order valence-corrected chi connectivity index (χ2v) is 4.01. The van der Waals surface area contributed by atoms with E-state index in [2.05, 4.69) is 0 Å². The summed E-state index contributed by atoms with van der Waals surface area (Å²) < 4.78 is 18.9. The van der Waals surface area contributed by atoms with E-state index in [-0.39, 0.29) is 28.7 Å². The third-order valence-corrected chi connectivity index (χ3v) is 3.01. The van der Waals surface area contributed by atoms with Crippen molar-refractivity contribution in [3.8, 4) is 11.8 Å². The predicted molar refractivity (Wildman–Crippen MR) is 57.7 cm³/mol. The van der Waals surface area contributed by atoms with Crippen LogP contribution >= 0.6 is 0 Å². The lowest BCUT2D eigenvalue weighted by Crippen LogP contribution is -2.14. The van der Waals surface area contributed by atoms with Crippen LogP contribution in [0.5, 0.6) is 5.75 Å². The van der Waals surface area contributed by atoms with Gasteiger partial charge in [0.15, 0.2) is 11.6 Å². The van der Waals surface area contributed by atoms with Crippen LogP contribution in [-0.2, 0) is 4.79 Å². The maximum absolute atomic E-state index is 14.0. The summed E-state index contributed by atoms with van der Waals surface area (Å²) in [7, 11) is 1.35. The zero-order valence-electron chi connectivity index (χ0n) is 9.24. The number of methoxy groups -OCH3 is 1. The quantitative estimate of drug-likeness (QED) is 0.856. The molecular formula is C12H11FN2O2. The molecule has 0 unspecified atom stereocenters. The van der Waals surface area contributed by atoms with Crippen LogP contribution in [0.3, 0.4) is 0 Å². The molecular weight excluding hydrogens is 223 g/mol. The molecule has 2 rings (SSSR count). The van der Waals surface area contributed by atoms with Gasteiger partial charge in [-0.2, -0.15) is 5.26 Å². The third kappa shape index (κ3) is 1.82. The number of primary amides is 1. The van der Waals surface area contributed by atoms with Crippen LogP contribution < -0.4 is 10.5 Å². The van der Waals surface area contributed by atoms with Gasteiger partial charge in [-0.05, 0) is 18.6 Å². The first-order valence-electron chi connectivity index (χ1n) is 5.16. The van der Waals surface area contributed by atoms with E-state index in [1.165, 1.54) is 19.2 Å². The fourth-order valence-electron chi connectivity index (χ4n) is 2.02. The highest BCUT2D eigenvalue weighted by Gasteiger charge is 2.45. The second kappa shape index (κ2) is 4.06. The molecule has 17 heavy (non-hydrogen) atoms. The minimum Gasteiger partial charge on any atom is -0.494 e. The smallest absolute Gasteiger partial charge is 0.221 e. The monoisotopic (exact) mass is 234 g/mol. The number of benzene rings is 1. The Morgan fingerprint density at radius 1 is 1.65 bits per heavy atom. The topological polar surface area (TPSA) is 76.1 Å². The molecule has 1 aromatic carbocycles. The number of carbonyl (C=O) groups is 1. The van der Waals surface area contributed by atoms with Gasteiger partial charge in [0.1, 0.15) is 0 Å². The SMILES string of the molecule is COc1ccc(C#N)c([C@H]2C[C@@H]2C(N)=O)c1F. The van der Waals surface area contributed by atoms with Crippen molar-refractivity contribution < 1.29 is 13.9 Å². The number of hydrogen-bond acceptors (Lipinski definition) is 3. The maximum Gasteiger partial charge on any atom is 0.221 e. The van der Waals surface area contributed by atoms with E-state index >= 15 is 0 Å². The molecule has 0 spiro atoms. The zero-order chi connectivity index (χ0) is 12.6. The van der Waals surface area contributed by atoms with E-state index in [1.54, 1.807) is 0 Å². The molecule has 0 saturated heterocycles. The van der Waals surface area contributed by atoms with Crippen molar-refractivity contribution in [3.05, 3.63) is 29.1 Å². The van der Waals surface area contributed by atoms with Crippen molar-refractivity contribution in [2.45, 2.75) is 12.3 Å². The number of halogens is 1. The van der Waals surface area contributed by atoms with Crippen molar-refractivity contribution in [1.82, 2.24) is 0 Å². The highest BCUT2D eigenvalue weighted by Crippen LogP contribution is 2.50. The van der Waals surface area contributed by atoms with E-state index in [4.69, 9.17) is 15.7 Å². The molecule has 5 heteroatoms. The van der Waals surface area contributed by atoms with Gasteiger partial charge in [0.25, 0.3) is 0 Å². The minimum atomic E-state index is -0.569. The fraction of sp³-hybridized carbons (Fsp3) is 0.333. The number of nitrogens with zero attached hydrogens (tertiary/aromatic N) is 1. The lowest BCUT2D eigenvalue weighted by Gasteiger charge is -2.08. The molecule has 1 amide bonds. The highest BCUT2D eigenvalue weighted by molar-refractivity contribution is 5.81.